The molecule has 13 nitrogen and oxygen atoms in total. The van der Waals surface area contributed by atoms with Crippen molar-refractivity contribution < 1.29 is 42.5 Å². The number of aliphatic hydroxyl groups excluding tert-OH is 2. The summed E-state index contributed by atoms with van der Waals surface area (Å²) >= 11 is 0. The minimum Gasteiger partial charge on any atom is -0.465 e. The Morgan fingerprint density at radius 2 is 2.05 bits per heavy atom. The van der Waals surface area contributed by atoms with E-state index in [1.54, 1.807) is 30.3 Å². The topological polar surface area (TPSA) is 180 Å². The fourth-order valence-electron chi connectivity index (χ4n) is 4.20. The molecule has 218 valence electrons. The molecule has 0 radical (unpaired) electrons. The number of carbonyl (C=O) groups is 1. The summed E-state index contributed by atoms with van der Waals surface area (Å²) in [5.74, 6) is -0.383. The van der Waals surface area contributed by atoms with Gasteiger partial charge >= 0.3 is 13.7 Å². The third-order valence-electron chi connectivity index (χ3n) is 6.46. The number of hydrogen-bond acceptors (Lipinski definition) is 11. The van der Waals surface area contributed by atoms with Crippen LogP contribution in [0.25, 0.3) is 5.52 Å². The fourth-order valence-corrected chi connectivity index (χ4v) is 5.75. The zero-order valence-corrected chi connectivity index (χ0v) is 22.9. The molecule has 1 saturated heterocycles. The van der Waals surface area contributed by atoms with Crippen LogP contribution < -0.4 is 15.3 Å². The number of fused-ring (bicyclic) bond motifs is 1. The second-order valence-electron chi connectivity index (χ2n) is 9.42. The maximum atomic E-state index is 14.6. The van der Waals surface area contributed by atoms with E-state index in [-0.39, 0.29) is 23.9 Å². The molecule has 1 aliphatic rings. The van der Waals surface area contributed by atoms with Crippen molar-refractivity contribution in [1.29, 1.82) is 0 Å². The van der Waals surface area contributed by atoms with Crippen molar-refractivity contribution in [3.05, 3.63) is 54.5 Å². The van der Waals surface area contributed by atoms with E-state index in [1.807, 2.05) is 6.92 Å². The van der Waals surface area contributed by atoms with Gasteiger partial charge in [0.25, 0.3) is 0 Å². The van der Waals surface area contributed by atoms with Crippen LogP contribution >= 0.6 is 7.75 Å². The molecule has 1 fully saturated rings. The second-order valence-corrected chi connectivity index (χ2v) is 11.1. The normalized spacial score (nSPS) is 25.0. The highest BCUT2D eigenvalue weighted by Crippen LogP contribution is 2.48. The number of hydrogen-bond donors (Lipinski definition) is 4. The third kappa shape index (κ3) is 6.27. The number of aliphatic hydroxyl groups is 2. The maximum Gasteiger partial charge on any atom is 0.459 e. The van der Waals surface area contributed by atoms with Crippen LogP contribution in [-0.2, 0) is 23.4 Å². The number of nitrogens with one attached hydrogen (secondary N) is 1. The summed E-state index contributed by atoms with van der Waals surface area (Å²) in [6, 6.07) is 10.0. The summed E-state index contributed by atoms with van der Waals surface area (Å²) in [5.41, 5.74) is 4.42. The zero-order valence-electron chi connectivity index (χ0n) is 22.1. The number of esters is 1. The van der Waals surface area contributed by atoms with Gasteiger partial charge in [0.1, 0.15) is 54.2 Å². The van der Waals surface area contributed by atoms with Gasteiger partial charge in [0.05, 0.1) is 18.9 Å². The summed E-state index contributed by atoms with van der Waals surface area (Å²) in [6.45, 7) is 1.40. The summed E-state index contributed by atoms with van der Waals surface area (Å²) in [4.78, 5) is 16.3. The lowest BCUT2D eigenvalue weighted by atomic mass is 9.96. The number of anilines is 1. The van der Waals surface area contributed by atoms with E-state index < -0.39 is 57.0 Å². The first kappa shape index (κ1) is 29.8. The van der Waals surface area contributed by atoms with Crippen molar-refractivity contribution in [2.75, 3.05) is 25.6 Å². The van der Waals surface area contributed by atoms with Crippen molar-refractivity contribution in [1.82, 2.24) is 19.7 Å². The number of unbranched alkanes of at least 4 members (excludes halogenated alkanes) is 1. The average molecular weight is 582 g/mol. The summed E-state index contributed by atoms with van der Waals surface area (Å²) < 4.78 is 52.0. The Bertz CT molecular complexity index is 1350. The van der Waals surface area contributed by atoms with Crippen LogP contribution in [0.1, 0.15) is 38.5 Å². The Morgan fingerprint density at radius 3 is 2.75 bits per heavy atom. The van der Waals surface area contributed by atoms with E-state index in [4.69, 9.17) is 24.3 Å². The third-order valence-corrected chi connectivity index (χ3v) is 8.08. The first-order chi connectivity index (χ1) is 19.1. The quantitative estimate of drug-likeness (QED) is 0.132. The molecule has 4 rings (SSSR count). The number of benzene rings is 1. The molecule has 0 aliphatic carbocycles. The SMILES string of the molecule is CCCCOC(=O)[C@H](C)NP(=O)(OC[C@@]1(CF)O[C@@H](c2ccc3c(N)ncnn23)[C@H](O)[C@@H]1O)Oc1ccccc1. The van der Waals surface area contributed by atoms with Crippen molar-refractivity contribution in [3.8, 4) is 5.75 Å². The van der Waals surface area contributed by atoms with Crippen molar-refractivity contribution in [2.24, 2.45) is 0 Å². The van der Waals surface area contributed by atoms with Crippen LogP contribution in [0.5, 0.6) is 5.75 Å². The fraction of sp³-hybridized carbons (Fsp3) is 0.480. The van der Waals surface area contributed by atoms with Crippen LogP contribution in [0.3, 0.4) is 0 Å². The molecular weight excluding hydrogens is 548 g/mol. The molecular formula is C25H33FN5O8P. The number of ether oxygens (including phenoxy) is 2. The van der Waals surface area contributed by atoms with E-state index in [0.717, 1.165) is 6.42 Å². The van der Waals surface area contributed by atoms with Gasteiger partial charge in [0, 0.05) is 0 Å². The molecule has 5 N–H and O–H groups in total. The van der Waals surface area contributed by atoms with Gasteiger partial charge in [0.15, 0.2) is 5.82 Å². The highest BCUT2D eigenvalue weighted by Gasteiger charge is 2.57. The zero-order chi connectivity index (χ0) is 28.9. The Labute approximate surface area is 230 Å². The molecule has 3 heterocycles. The lowest BCUT2D eigenvalue weighted by molar-refractivity contribution is -0.145. The van der Waals surface area contributed by atoms with Gasteiger partial charge in [-0.15, -0.1) is 0 Å². The van der Waals surface area contributed by atoms with Gasteiger partial charge in [-0.2, -0.15) is 10.2 Å². The number of rotatable bonds is 13. The van der Waals surface area contributed by atoms with E-state index in [2.05, 4.69) is 15.2 Å². The van der Waals surface area contributed by atoms with Crippen molar-refractivity contribution in [3.63, 3.8) is 0 Å². The van der Waals surface area contributed by atoms with Gasteiger partial charge in [-0.05, 0) is 37.6 Å². The highest BCUT2D eigenvalue weighted by atomic mass is 31.2. The van der Waals surface area contributed by atoms with Crippen molar-refractivity contribution in [2.45, 2.75) is 56.6 Å². The van der Waals surface area contributed by atoms with Gasteiger partial charge in [-0.25, -0.2) is 18.5 Å². The van der Waals surface area contributed by atoms with Gasteiger partial charge < -0.3 is 29.9 Å². The predicted molar refractivity (Wildman–Crippen MR) is 141 cm³/mol. The van der Waals surface area contributed by atoms with Gasteiger partial charge in [-0.3, -0.25) is 9.32 Å². The van der Waals surface area contributed by atoms with Gasteiger partial charge in [0.2, 0.25) is 0 Å². The van der Waals surface area contributed by atoms with E-state index in [9.17, 15) is 24.0 Å². The van der Waals surface area contributed by atoms with Crippen LogP contribution in [0, 0.1) is 0 Å². The highest BCUT2D eigenvalue weighted by molar-refractivity contribution is 7.52. The molecule has 1 aliphatic heterocycles. The molecule has 0 saturated carbocycles. The summed E-state index contributed by atoms with van der Waals surface area (Å²) in [5, 5.41) is 28.3. The number of nitrogen functional groups attached to an aromatic ring is 1. The Kier molecular flexibility index (Phi) is 9.39. The minimum absolute atomic E-state index is 0.141. The molecule has 0 bridgehead atoms. The molecule has 3 aromatic rings. The second kappa shape index (κ2) is 12.6. The predicted octanol–water partition coefficient (Wildman–Crippen LogP) is 2.34. The summed E-state index contributed by atoms with van der Waals surface area (Å²) in [6.07, 6.45) is -1.99. The Hall–Kier alpha value is -3.13. The van der Waals surface area contributed by atoms with Gasteiger partial charge in [-0.1, -0.05) is 31.5 Å². The lowest BCUT2D eigenvalue weighted by Crippen LogP contribution is -2.49. The Morgan fingerprint density at radius 1 is 1.30 bits per heavy atom. The minimum atomic E-state index is -4.40. The van der Waals surface area contributed by atoms with Crippen LogP contribution in [0.2, 0.25) is 0 Å². The molecule has 1 aromatic carbocycles. The molecule has 1 unspecified atom stereocenters. The number of nitrogens with zero attached hydrogens (tertiary/aromatic N) is 3. The molecule has 0 spiro atoms. The first-order valence-corrected chi connectivity index (χ1v) is 14.3. The number of carbonyl (C=O) groups excluding carboxylic acids is 1. The standard InChI is InChI=1S/C25H33FN5O8P/c1-3-4-12-36-24(34)16(2)30-40(35,39-17-8-6-5-7-9-17)37-14-25(13-26)22(33)20(32)21(38-25)18-10-11-19-23(27)28-15-29-31(18)19/h5-11,15-16,20-22,32-33H,3-4,12-14H2,1-2H3,(H,30,35)(H2,27,28,29)/t16-,20-,21-,22-,25+,40?/m0/s1. The Balaban J connectivity index is 1.56. The van der Waals surface area contributed by atoms with Crippen molar-refractivity contribution >= 4 is 25.1 Å². The summed E-state index contributed by atoms with van der Waals surface area (Å²) in [7, 11) is -4.40. The monoisotopic (exact) mass is 581 g/mol. The van der Waals surface area contributed by atoms with E-state index in [1.165, 1.54) is 29.9 Å². The molecule has 40 heavy (non-hydrogen) atoms. The number of para-hydroxylation sites is 1. The number of nitrogens with two attached hydrogens (primary N) is 1. The molecule has 6 atom stereocenters. The number of halogens is 1. The van der Waals surface area contributed by atoms with Crippen LogP contribution in [-0.4, -0.2) is 74.5 Å². The first-order valence-electron chi connectivity index (χ1n) is 12.7. The largest absolute Gasteiger partial charge is 0.465 e. The maximum absolute atomic E-state index is 14.6. The number of alkyl halides is 1. The number of aromatic nitrogens is 3. The van der Waals surface area contributed by atoms with Crippen LogP contribution in [0.15, 0.2) is 48.8 Å². The van der Waals surface area contributed by atoms with E-state index >= 15 is 0 Å². The smallest absolute Gasteiger partial charge is 0.459 e. The molecule has 0 amide bonds. The van der Waals surface area contributed by atoms with Crippen LogP contribution in [0.4, 0.5) is 10.2 Å². The lowest BCUT2D eigenvalue weighted by Gasteiger charge is -2.31. The van der Waals surface area contributed by atoms with E-state index in [0.29, 0.717) is 11.9 Å². The average Bonchev–Trinajstić information content (AvgIpc) is 3.48. The molecule has 2 aromatic heterocycles. The molecule has 15 heteroatoms.